The highest BCUT2D eigenvalue weighted by molar-refractivity contribution is 8.76. The van der Waals surface area contributed by atoms with Crippen molar-refractivity contribution in [3.63, 3.8) is 0 Å². The maximum Gasteiger partial charge on any atom is 0.339 e. The normalized spacial score (nSPS) is 11.7. The molecule has 0 aliphatic carbocycles. The second kappa shape index (κ2) is 10.4. The van der Waals surface area contributed by atoms with Crippen molar-refractivity contribution >= 4 is 40.0 Å². The number of ether oxygens (including phenoxy) is 3. The highest BCUT2D eigenvalue weighted by Crippen LogP contribution is 2.33. The van der Waals surface area contributed by atoms with Crippen LogP contribution in [-0.2, 0) is 11.2 Å². The van der Waals surface area contributed by atoms with Gasteiger partial charge in [0.2, 0.25) is 6.79 Å². The fraction of sp³-hybridized carbons (Fsp3) is 0.294. The SMILES string of the molecule is Cl.O=C(OCCSSCCc1ccc2c(c1)OCO2)c1cccnc1. The van der Waals surface area contributed by atoms with Crippen molar-refractivity contribution < 1.29 is 19.0 Å². The molecule has 1 aromatic carbocycles. The van der Waals surface area contributed by atoms with E-state index in [1.807, 2.05) is 12.1 Å². The van der Waals surface area contributed by atoms with Crippen molar-refractivity contribution in [2.45, 2.75) is 6.42 Å². The van der Waals surface area contributed by atoms with Crippen LogP contribution < -0.4 is 9.47 Å². The van der Waals surface area contributed by atoms with Crippen LogP contribution in [0.1, 0.15) is 15.9 Å². The third kappa shape index (κ3) is 6.02. The Balaban J connectivity index is 0.00000225. The summed E-state index contributed by atoms with van der Waals surface area (Å²) in [6.07, 6.45) is 4.10. The minimum Gasteiger partial charge on any atom is -0.461 e. The van der Waals surface area contributed by atoms with Crippen molar-refractivity contribution in [3.8, 4) is 11.5 Å². The summed E-state index contributed by atoms with van der Waals surface area (Å²) in [6.45, 7) is 0.705. The van der Waals surface area contributed by atoms with Gasteiger partial charge in [-0.2, -0.15) is 0 Å². The van der Waals surface area contributed by atoms with Crippen LogP contribution in [0, 0.1) is 0 Å². The lowest BCUT2D eigenvalue weighted by atomic mass is 10.1. The van der Waals surface area contributed by atoms with Crippen LogP contribution in [0.2, 0.25) is 0 Å². The summed E-state index contributed by atoms with van der Waals surface area (Å²) >= 11 is 0. The number of rotatable bonds is 8. The highest BCUT2D eigenvalue weighted by atomic mass is 35.5. The molecule has 2 heterocycles. The summed E-state index contributed by atoms with van der Waals surface area (Å²) in [6, 6.07) is 9.46. The molecule has 1 aliphatic rings. The third-order valence-corrected chi connectivity index (χ3v) is 5.66. The molecular weight excluding hydrogens is 382 g/mol. The van der Waals surface area contributed by atoms with E-state index in [1.54, 1.807) is 39.9 Å². The summed E-state index contributed by atoms with van der Waals surface area (Å²) in [7, 11) is 3.47. The number of aryl methyl sites for hydroxylation is 1. The first-order chi connectivity index (χ1) is 11.8. The monoisotopic (exact) mass is 399 g/mol. The molecule has 0 N–H and O–H groups in total. The Kier molecular flexibility index (Phi) is 8.24. The average molecular weight is 400 g/mol. The molecule has 0 atom stereocenters. The molecule has 0 saturated heterocycles. The molecule has 0 bridgehead atoms. The topological polar surface area (TPSA) is 57.7 Å². The van der Waals surface area contributed by atoms with Crippen LogP contribution in [0.3, 0.4) is 0 Å². The number of aromatic nitrogens is 1. The van der Waals surface area contributed by atoms with Gasteiger partial charge in [-0.3, -0.25) is 4.98 Å². The predicted molar refractivity (Wildman–Crippen MR) is 103 cm³/mol. The molecule has 0 unspecified atom stereocenters. The van der Waals surface area contributed by atoms with Gasteiger partial charge in [-0.25, -0.2) is 4.79 Å². The molecule has 25 heavy (non-hydrogen) atoms. The van der Waals surface area contributed by atoms with E-state index in [4.69, 9.17) is 14.2 Å². The number of esters is 1. The van der Waals surface area contributed by atoms with Crippen molar-refractivity contribution in [1.82, 2.24) is 4.98 Å². The van der Waals surface area contributed by atoms with Crippen LogP contribution in [0.5, 0.6) is 11.5 Å². The average Bonchev–Trinajstić information content (AvgIpc) is 3.09. The number of carbonyl (C=O) groups is 1. The van der Waals surface area contributed by atoms with Crippen LogP contribution in [-0.4, -0.2) is 35.9 Å². The Morgan fingerprint density at radius 1 is 1.16 bits per heavy atom. The summed E-state index contributed by atoms with van der Waals surface area (Å²) in [5.74, 6) is 3.07. The van der Waals surface area contributed by atoms with Crippen LogP contribution in [0.4, 0.5) is 0 Å². The largest absolute Gasteiger partial charge is 0.461 e. The molecule has 2 aromatic rings. The minimum atomic E-state index is -0.325. The zero-order chi connectivity index (χ0) is 16.6. The molecule has 0 amide bonds. The lowest BCUT2D eigenvalue weighted by Gasteiger charge is -2.05. The first kappa shape index (κ1) is 19.8. The Labute approximate surface area is 160 Å². The fourth-order valence-corrected chi connectivity index (χ4v) is 3.98. The second-order valence-corrected chi connectivity index (χ2v) is 7.66. The molecular formula is C17H18ClNO4S2. The Bertz CT molecular complexity index is 688. The second-order valence-electron chi connectivity index (χ2n) is 4.96. The summed E-state index contributed by atoms with van der Waals surface area (Å²) in [4.78, 5) is 15.6. The maximum atomic E-state index is 11.7. The lowest BCUT2D eigenvalue weighted by molar-refractivity contribution is 0.0530. The summed E-state index contributed by atoms with van der Waals surface area (Å²) in [5, 5.41) is 0. The number of pyridine rings is 1. The number of benzene rings is 1. The van der Waals surface area contributed by atoms with E-state index < -0.39 is 0 Å². The zero-order valence-corrected chi connectivity index (χ0v) is 15.8. The van der Waals surface area contributed by atoms with Gasteiger partial charge in [0.25, 0.3) is 0 Å². The number of nitrogens with zero attached hydrogens (tertiary/aromatic N) is 1. The fourth-order valence-electron chi connectivity index (χ4n) is 2.11. The zero-order valence-electron chi connectivity index (χ0n) is 13.4. The third-order valence-electron chi connectivity index (χ3n) is 3.29. The Morgan fingerprint density at radius 2 is 2.00 bits per heavy atom. The lowest BCUT2D eigenvalue weighted by Crippen LogP contribution is -2.07. The van der Waals surface area contributed by atoms with Gasteiger partial charge in [0, 0.05) is 23.9 Å². The van der Waals surface area contributed by atoms with Gasteiger partial charge < -0.3 is 14.2 Å². The van der Waals surface area contributed by atoms with E-state index in [2.05, 4.69) is 11.1 Å². The first-order valence-corrected chi connectivity index (χ1v) is 10.0. The molecule has 8 heteroatoms. The van der Waals surface area contributed by atoms with Gasteiger partial charge in [0.1, 0.15) is 6.61 Å². The minimum absolute atomic E-state index is 0. The number of fused-ring (bicyclic) bond motifs is 1. The molecule has 0 spiro atoms. The van der Waals surface area contributed by atoms with Crippen LogP contribution >= 0.6 is 34.0 Å². The summed E-state index contributed by atoms with van der Waals surface area (Å²) in [5.41, 5.74) is 1.72. The highest BCUT2D eigenvalue weighted by Gasteiger charge is 2.12. The van der Waals surface area contributed by atoms with Crippen molar-refractivity contribution in [1.29, 1.82) is 0 Å². The smallest absolute Gasteiger partial charge is 0.339 e. The van der Waals surface area contributed by atoms with E-state index >= 15 is 0 Å². The molecule has 3 rings (SSSR count). The van der Waals surface area contributed by atoms with Crippen molar-refractivity contribution in [2.75, 3.05) is 24.9 Å². The number of hydrogen-bond donors (Lipinski definition) is 0. The van der Waals surface area contributed by atoms with Crippen LogP contribution in [0.15, 0.2) is 42.7 Å². The molecule has 0 saturated carbocycles. The van der Waals surface area contributed by atoms with E-state index in [-0.39, 0.29) is 18.4 Å². The number of hydrogen-bond acceptors (Lipinski definition) is 7. The number of carbonyl (C=O) groups excluding carboxylic acids is 1. The van der Waals surface area contributed by atoms with Crippen molar-refractivity contribution in [3.05, 3.63) is 53.9 Å². The first-order valence-electron chi connectivity index (χ1n) is 7.53. The van der Waals surface area contributed by atoms with E-state index in [9.17, 15) is 4.79 Å². The van der Waals surface area contributed by atoms with E-state index in [1.165, 1.54) is 11.8 Å². The van der Waals surface area contributed by atoms with Crippen LogP contribution in [0.25, 0.3) is 0 Å². The molecule has 0 radical (unpaired) electrons. The standard InChI is InChI=1S/C17H17NO4S2.ClH/c19-17(14-2-1-6-18-11-14)20-7-9-24-23-8-5-13-3-4-15-16(10-13)22-12-21-15;/h1-4,6,10-11H,5,7-9,12H2;1H. The molecule has 134 valence electrons. The molecule has 1 aliphatic heterocycles. The molecule has 1 aromatic heterocycles. The Hall–Kier alpha value is -1.57. The van der Waals surface area contributed by atoms with Gasteiger partial charge in [0.15, 0.2) is 11.5 Å². The van der Waals surface area contributed by atoms with Gasteiger partial charge in [-0.1, -0.05) is 27.7 Å². The quantitative estimate of drug-likeness (QED) is 0.377. The Morgan fingerprint density at radius 3 is 2.84 bits per heavy atom. The van der Waals surface area contributed by atoms with Crippen molar-refractivity contribution in [2.24, 2.45) is 0 Å². The molecule has 5 nitrogen and oxygen atoms in total. The predicted octanol–water partition coefficient (Wildman–Crippen LogP) is 4.01. The number of halogens is 1. The van der Waals surface area contributed by atoms with E-state index in [0.717, 1.165) is 29.4 Å². The van der Waals surface area contributed by atoms with Gasteiger partial charge in [-0.15, -0.1) is 12.4 Å². The molecule has 0 fully saturated rings. The van der Waals surface area contributed by atoms with E-state index in [0.29, 0.717) is 19.0 Å². The van der Waals surface area contributed by atoms with Gasteiger partial charge in [-0.05, 0) is 36.2 Å². The summed E-state index contributed by atoms with van der Waals surface area (Å²) < 4.78 is 15.9. The van der Waals surface area contributed by atoms with Gasteiger partial charge >= 0.3 is 5.97 Å². The van der Waals surface area contributed by atoms with Gasteiger partial charge in [0.05, 0.1) is 5.56 Å². The maximum absolute atomic E-state index is 11.7.